The van der Waals surface area contributed by atoms with Gasteiger partial charge in [-0.15, -0.1) is 0 Å². The zero-order valence-electron chi connectivity index (χ0n) is 12.0. The Bertz CT molecular complexity index is 469. The Morgan fingerprint density at radius 3 is 2.79 bits per heavy atom. The lowest BCUT2D eigenvalue weighted by molar-refractivity contribution is 0.0698. The topological polar surface area (TPSA) is 61.6 Å². The molecule has 2 heterocycles. The number of hydrogen-bond donors (Lipinski definition) is 1. The number of rotatable bonds is 3. The molecule has 1 aliphatic heterocycles. The van der Waals surface area contributed by atoms with Gasteiger partial charge in [0, 0.05) is 32.4 Å². The number of aromatic nitrogens is 2. The van der Waals surface area contributed by atoms with Crippen LogP contribution in [-0.2, 0) is 7.05 Å². The standard InChI is InChI=1S/C13H22N4O2/c1-9-12(8-16(4)14-9)13(19)17-7-11(18)5-10(17)6-15(2)3/h8,10-11,18H,5-7H2,1-4H3. The molecular formula is C13H22N4O2. The van der Waals surface area contributed by atoms with Crippen molar-refractivity contribution in [3.63, 3.8) is 0 Å². The van der Waals surface area contributed by atoms with E-state index in [2.05, 4.69) is 5.10 Å². The number of nitrogens with zero attached hydrogens (tertiary/aromatic N) is 4. The van der Waals surface area contributed by atoms with Crippen molar-refractivity contribution < 1.29 is 9.90 Å². The maximum absolute atomic E-state index is 12.6. The maximum Gasteiger partial charge on any atom is 0.257 e. The zero-order valence-corrected chi connectivity index (χ0v) is 12.0. The smallest absolute Gasteiger partial charge is 0.257 e. The van der Waals surface area contributed by atoms with Crippen molar-refractivity contribution in [3.8, 4) is 0 Å². The van der Waals surface area contributed by atoms with Gasteiger partial charge < -0.3 is 14.9 Å². The molecule has 1 fully saturated rings. The minimum Gasteiger partial charge on any atom is -0.391 e. The van der Waals surface area contributed by atoms with E-state index < -0.39 is 6.10 Å². The molecule has 0 bridgehead atoms. The quantitative estimate of drug-likeness (QED) is 0.827. The molecule has 6 nitrogen and oxygen atoms in total. The third-order valence-electron chi connectivity index (χ3n) is 3.47. The van der Waals surface area contributed by atoms with Crippen LogP contribution in [0.25, 0.3) is 0 Å². The van der Waals surface area contributed by atoms with Crippen molar-refractivity contribution in [3.05, 3.63) is 17.5 Å². The van der Waals surface area contributed by atoms with E-state index in [-0.39, 0.29) is 11.9 Å². The minimum absolute atomic E-state index is 0.0333. The van der Waals surface area contributed by atoms with E-state index in [0.717, 1.165) is 12.2 Å². The van der Waals surface area contributed by atoms with Gasteiger partial charge in [0.15, 0.2) is 0 Å². The Kier molecular flexibility index (Phi) is 3.91. The van der Waals surface area contributed by atoms with Crippen LogP contribution in [0.1, 0.15) is 22.5 Å². The first kappa shape index (κ1) is 14.0. The molecule has 0 radical (unpaired) electrons. The average molecular weight is 266 g/mol. The van der Waals surface area contributed by atoms with Gasteiger partial charge in [-0.25, -0.2) is 0 Å². The van der Waals surface area contributed by atoms with E-state index in [4.69, 9.17) is 0 Å². The predicted molar refractivity (Wildman–Crippen MR) is 71.9 cm³/mol. The number of aryl methyl sites for hydroxylation is 2. The minimum atomic E-state index is -0.425. The zero-order chi connectivity index (χ0) is 14.2. The number of aliphatic hydroxyl groups excluding tert-OH is 1. The van der Waals surface area contributed by atoms with Crippen molar-refractivity contribution in [2.75, 3.05) is 27.2 Å². The molecule has 1 aromatic heterocycles. The van der Waals surface area contributed by atoms with E-state index in [9.17, 15) is 9.90 Å². The van der Waals surface area contributed by atoms with Gasteiger partial charge in [0.1, 0.15) is 0 Å². The normalized spacial score (nSPS) is 23.4. The molecule has 2 unspecified atom stereocenters. The Hall–Kier alpha value is -1.40. The number of carbonyl (C=O) groups excluding carboxylic acids is 1. The van der Waals surface area contributed by atoms with Crippen LogP contribution in [0.2, 0.25) is 0 Å². The van der Waals surface area contributed by atoms with Gasteiger partial charge in [0.2, 0.25) is 0 Å². The van der Waals surface area contributed by atoms with Crippen LogP contribution in [0, 0.1) is 6.92 Å². The van der Waals surface area contributed by atoms with Gasteiger partial charge in [-0.2, -0.15) is 5.10 Å². The molecule has 1 amide bonds. The van der Waals surface area contributed by atoms with Gasteiger partial charge >= 0.3 is 0 Å². The number of likely N-dealkylation sites (tertiary alicyclic amines) is 1. The highest BCUT2D eigenvalue weighted by atomic mass is 16.3. The van der Waals surface area contributed by atoms with Crippen LogP contribution in [0.15, 0.2) is 6.20 Å². The highest BCUT2D eigenvalue weighted by molar-refractivity contribution is 5.95. The van der Waals surface area contributed by atoms with Crippen LogP contribution in [-0.4, -0.2) is 69.9 Å². The number of aliphatic hydroxyl groups is 1. The van der Waals surface area contributed by atoms with Crippen molar-refractivity contribution in [1.29, 1.82) is 0 Å². The molecule has 6 heteroatoms. The summed E-state index contributed by atoms with van der Waals surface area (Å²) in [7, 11) is 5.76. The second kappa shape index (κ2) is 5.30. The monoisotopic (exact) mass is 266 g/mol. The number of carbonyl (C=O) groups is 1. The molecule has 2 atom stereocenters. The van der Waals surface area contributed by atoms with Crippen molar-refractivity contribution in [2.24, 2.45) is 7.05 Å². The van der Waals surface area contributed by atoms with Gasteiger partial charge in [-0.05, 0) is 27.4 Å². The second-order valence-electron chi connectivity index (χ2n) is 5.56. The Balaban J connectivity index is 2.19. The van der Waals surface area contributed by atoms with Crippen LogP contribution in [0.5, 0.6) is 0 Å². The summed E-state index contributed by atoms with van der Waals surface area (Å²) in [5, 5.41) is 14.0. The summed E-state index contributed by atoms with van der Waals surface area (Å²) in [6, 6.07) is 0.0668. The summed E-state index contributed by atoms with van der Waals surface area (Å²) in [4.78, 5) is 16.4. The van der Waals surface area contributed by atoms with Crippen LogP contribution < -0.4 is 0 Å². The van der Waals surface area contributed by atoms with Crippen LogP contribution >= 0.6 is 0 Å². The molecular weight excluding hydrogens is 244 g/mol. The molecule has 1 aromatic rings. The molecule has 19 heavy (non-hydrogen) atoms. The molecule has 1 N–H and O–H groups in total. The third kappa shape index (κ3) is 2.96. The fraction of sp³-hybridized carbons (Fsp3) is 0.692. The molecule has 1 aliphatic rings. The number of amides is 1. The predicted octanol–water partition coefficient (Wildman–Crippen LogP) is -0.134. The summed E-state index contributed by atoms with van der Waals surface area (Å²) >= 11 is 0. The fourth-order valence-corrected chi connectivity index (χ4v) is 2.70. The number of likely N-dealkylation sites (N-methyl/N-ethyl adjacent to an activating group) is 1. The van der Waals surface area contributed by atoms with Gasteiger partial charge in [-0.1, -0.05) is 0 Å². The van der Waals surface area contributed by atoms with Gasteiger partial charge in [-0.3, -0.25) is 9.48 Å². The first-order valence-electron chi connectivity index (χ1n) is 6.52. The molecule has 0 aliphatic carbocycles. The van der Waals surface area contributed by atoms with Crippen molar-refractivity contribution in [2.45, 2.75) is 25.5 Å². The second-order valence-corrected chi connectivity index (χ2v) is 5.56. The Morgan fingerprint density at radius 2 is 2.26 bits per heavy atom. The van der Waals surface area contributed by atoms with E-state index in [1.807, 2.05) is 25.9 Å². The maximum atomic E-state index is 12.6. The fourth-order valence-electron chi connectivity index (χ4n) is 2.70. The van der Waals surface area contributed by atoms with E-state index in [1.54, 1.807) is 22.8 Å². The van der Waals surface area contributed by atoms with Gasteiger partial charge in [0.25, 0.3) is 5.91 Å². The molecule has 106 valence electrons. The molecule has 2 rings (SSSR count). The van der Waals surface area contributed by atoms with E-state index in [1.165, 1.54) is 0 Å². The SMILES string of the molecule is Cc1nn(C)cc1C(=O)N1CC(O)CC1CN(C)C. The summed E-state index contributed by atoms with van der Waals surface area (Å²) in [6.45, 7) is 3.01. The van der Waals surface area contributed by atoms with Crippen molar-refractivity contribution >= 4 is 5.91 Å². The van der Waals surface area contributed by atoms with Gasteiger partial charge in [0.05, 0.1) is 17.4 Å². The molecule has 0 spiro atoms. The number of β-amino-alcohol motifs (C(OH)–C–C–N with tert-alkyl or cyclic N) is 1. The van der Waals surface area contributed by atoms with E-state index >= 15 is 0 Å². The molecule has 0 aromatic carbocycles. The highest BCUT2D eigenvalue weighted by Gasteiger charge is 2.35. The Morgan fingerprint density at radius 1 is 1.58 bits per heavy atom. The Labute approximate surface area is 113 Å². The third-order valence-corrected chi connectivity index (χ3v) is 3.47. The molecule has 1 saturated heterocycles. The average Bonchev–Trinajstić information content (AvgIpc) is 2.80. The van der Waals surface area contributed by atoms with Crippen LogP contribution in [0.3, 0.4) is 0 Å². The lowest BCUT2D eigenvalue weighted by atomic mass is 10.1. The van der Waals surface area contributed by atoms with E-state index in [0.29, 0.717) is 18.5 Å². The van der Waals surface area contributed by atoms with Crippen LogP contribution in [0.4, 0.5) is 0 Å². The largest absolute Gasteiger partial charge is 0.391 e. The summed E-state index contributed by atoms with van der Waals surface area (Å²) in [6.07, 6.45) is 1.96. The lowest BCUT2D eigenvalue weighted by Gasteiger charge is -2.26. The molecule has 0 saturated carbocycles. The van der Waals surface area contributed by atoms with Crippen molar-refractivity contribution in [1.82, 2.24) is 19.6 Å². The summed E-state index contributed by atoms with van der Waals surface area (Å²) < 4.78 is 1.65. The first-order valence-corrected chi connectivity index (χ1v) is 6.52. The number of hydrogen-bond acceptors (Lipinski definition) is 4. The summed E-state index contributed by atoms with van der Waals surface area (Å²) in [5.74, 6) is -0.0333. The first-order chi connectivity index (χ1) is 8.88. The highest BCUT2D eigenvalue weighted by Crippen LogP contribution is 2.22. The summed E-state index contributed by atoms with van der Waals surface area (Å²) in [5.41, 5.74) is 1.36. The lowest BCUT2D eigenvalue weighted by Crippen LogP contribution is -2.41.